The van der Waals surface area contributed by atoms with E-state index in [0.29, 0.717) is 0 Å². The number of nitrogens with zero attached hydrogens (tertiary/aromatic N) is 1. The van der Waals surface area contributed by atoms with Crippen LogP contribution in [0.5, 0.6) is 0 Å². The summed E-state index contributed by atoms with van der Waals surface area (Å²) < 4.78 is 4.54. The van der Waals surface area contributed by atoms with Crippen molar-refractivity contribution in [2.75, 3.05) is 7.11 Å². The quantitative estimate of drug-likeness (QED) is 0.334. The Bertz CT molecular complexity index is 394. The average Bonchev–Trinajstić information content (AvgIpc) is 2.19. The Morgan fingerprint density at radius 1 is 1.43 bits per heavy atom. The highest BCUT2D eigenvalue weighted by Gasteiger charge is 2.23. The van der Waals surface area contributed by atoms with Crippen LogP contribution in [0.15, 0.2) is 6.07 Å². The molecule has 1 heterocycles. The van der Waals surface area contributed by atoms with Crippen molar-refractivity contribution in [1.29, 1.82) is 0 Å². The Hall–Kier alpha value is -0.710. The fourth-order valence-corrected chi connectivity index (χ4v) is 1.38. The number of rotatable bonds is 1. The molecule has 0 atom stereocenters. The number of halogens is 3. The van der Waals surface area contributed by atoms with Crippen molar-refractivity contribution in [1.82, 2.24) is 0 Å². The predicted molar refractivity (Wildman–Crippen MR) is 51.8 cm³/mol. The average molecular weight is 256 g/mol. The first kappa shape index (κ1) is 11.4. The van der Waals surface area contributed by atoms with Crippen molar-refractivity contribution in [3.63, 3.8) is 0 Å². The van der Waals surface area contributed by atoms with Crippen molar-refractivity contribution in [3.8, 4) is 0 Å². The zero-order valence-corrected chi connectivity index (χ0v) is 9.15. The van der Waals surface area contributed by atoms with E-state index in [9.17, 15) is 10.0 Å². The molecule has 0 saturated heterocycles. The van der Waals surface area contributed by atoms with Gasteiger partial charge in [-0.3, -0.25) is 0 Å². The molecule has 7 heteroatoms. The third-order valence-electron chi connectivity index (χ3n) is 1.45. The van der Waals surface area contributed by atoms with Crippen LogP contribution < -0.4 is 4.73 Å². The number of carbonyl (C=O) groups is 1. The zero-order chi connectivity index (χ0) is 10.9. The van der Waals surface area contributed by atoms with E-state index in [1.807, 2.05) is 0 Å². The number of ether oxygens (including phenoxy) is 1. The number of carbonyl (C=O) groups excluding carboxylic acids is 1. The van der Waals surface area contributed by atoms with Gasteiger partial charge in [-0.25, -0.2) is 4.79 Å². The summed E-state index contributed by atoms with van der Waals surface area (Å²) in [5.74, 6) is -0.752. The molecule has 14 heavy (non-hydrogen) atoms. The lowest BCUT2D eigenvalue weighted by Crippen LogP contribution is -2.31. The summed E-state index contributed by atoms with van der Waals surface area (Å²) in [4.78, 5) is 11.1. The van der Waals surface area contributed by atoms with Crippen LogP contribution in [0.4, 0.5) is 0 Å². The highest BCUT2D eigenvalue weighted by molar-refractivity contribution is 6.41. The summed E-state index contributed by atoms with van der Waals surface area (Å²) in [6.07, 6.45) is 0. The maximum absolute atomic E-state index is 11.2. The minimum Gasteiger partial charge on any atom is -0.616 e. The monoisotopic (exact) mass is 255 g/mol. The van der Waals surface area contributed by atoms with Gasteiger partial charge in [0.05, 0.1) is 7.11 Å². The third-order valence-corrected chi connectivity index (χ3v) is 2.55. The zero-order valence-electron chi connectivity index (χ0n) is 6.88. The van der Waals surface area contributed by atoms with E-state index in [-0.39, 0.29) is 25.6 Å². The van der Waals surface area contributed by atoms with Crippen molar-refractivity contribution in [2.24, 2.45) is 0 Å². The van der Waals surface area contributed by atoms with Gasteiger partial charge < -0.3 is 9.94 Å². The number of esters is 1. The first-order chi connectivity index (χ1) is 6.49. The molecule has 0 aliphatic carbocycles. The first-order valence-electron chi connectivity index (χ1n) is 3.34. The topological polar surface area (TPSA) is 53.2 Å². The summed E-state index contributed by atoms with van der Waals surface area (Å²) in [6.45, 7) is 0. The lowest BCUT2D eigenvalue weighted by Gasteiger charge is -2.05. The maximum atomic E-state index is 11.2. The summed E-state index contributed by atoms with van der Waals surface area (Å²) in [5.41, 5.74) is -0.126. The fourth-order valence-electron chi connectivity index (χ4n) is 0.792. The summed E-state index contributed by atoms with van der Waals surface area (Å²) in [7, 11) is 1.16. The molecule has 0 N–H and O–H groups in total. The van der Waals surface area contributed by atoms with Crippen molar-refractivity contribution in [2.45, 2.75) is 0 Å². The van der Waals surface area contributed by atoms with E-state index in [2.05, 4.69) is 4.74 Å². The van der Waals surface area contributed by atoms with E-state index in [4.69, 9.17) is 34.8 Å². The van der Waals surface area contributed by atoms with Gasteiger partial charge in [0.1, 0.15) is 10.6 Å². The number of hydrogen-bond donors (Lipinski definition) is 0. The molecule has 0 radical (unpaired) electrons. The Balaban J connectivity index is 3.40. The van der Waals surface area contributed by atoms with Crippen LogP contribution in [0.1, 0.15) is 10.4 Å². The van der Waals surface area contributed by atoms with Crippen LogP contribution in [-0.2, 0) is 4.74 Å². The lowest BCUT2D eigenvalue weighted by molar-refractivity contribution is -0.600. The second-order valence-corrected chi connectivity index (χ2v) is 3.40. The van der Waals surface area contributed by atoms with Crippen molar-refractivity contribution < 1.29 is 14.3 Å². The molecule has 0 aromatic carbocycles. The standard InChI is InChI=1S/C7H4Cl3NO3/c1-14-7(12)3-2-4(8)6(10)11(13)5(3)9/h2H,1H3. The molecule has 0 aliphatic rings. The van der Waals surface area contributed by atoms with Gasteiger partial charge in [0.2, 0.25) is 0 Å². The molecule has 0 spiro atoms. The Kier molecular flexibility index (Phi) is 3.42. The molecule has 0 fully saturated rings. The van der Waals surface area contributed by atoms with Gasteiger partial charge in [0.25, 0.3) is 0 Å². The van der Waals surface area contributed by atoms with Gasteiger partial charge in [-0.1, -0.05) is 11.6 Å². The molecular formula is C7H4Cl3NO3. The molecular weight excluding hydrogens is 252 g/mol. The SMILES string of the molecule is COC(=O)c1cc(Cl)c(Cl)[n+]([O-])c1Cl. The predicted octanol–water partition coefficient (Wildman–Crippen LogP) is 2.07. The molecule has 76 valence electrons. The molecule has 1 aromatic heterocycles. The van der Waals surface area contributed by atoms with E-state index in [0.717, 1.165) is 7.11 Å². The van der Waals surface area contributed by atoms with Gasteiger partial charge in [-0.2, -0.15) is 0 Å². The van der Waals surface area contributed by atoms with Gasteiger partial charge in [-0.05, 0) is 29.3 Å². The van der Waals surface area contributed by atoms with Gasteiger partial charge in [0, 0.05) is 0 Å². The van der Waals surface area contributed by atoms with Gasteiger partial charge in [-0.15, -0.1) is 4.73 Å². The van der Waals surface area contributed by atoms with Crippen LogP contribution in [0.3, 0.4) is 0 Å². The van der Waals surface area contributed by atoms with Crippen LogP contribution in [-0.4, -0.2) is 13.1 Å². The number of pyridine rings is 1. The van der Waals surface area contributed by atoms with E-state index < -0.39 is 5.97 Å². The minimum atomic E-state index is -0.752. The molecule has 0 unspecified atom stereocenters. The smallest absolute Gasteiger partial charge is 0.345 e. The Morgan fingerprint density at radius 2 is 2.00 bits per heavy atom. The molecule has 1 rings (SSSR count). The first-order valence-corrected chi connectivity index (χ1v) is 4.47. The number of hydrogen-bond acceptors (Lipinski definition) is 3. The molecule has 0 aliphatic heterocycles. The van der Waals surface area contributed by atoms with E-state index in [1.165, 1.54) is 6.07 Å². The maximum Gasteiger partial charge on any atom is 0.345 e. The van der Waals surface area contributed by atoms with Crippen molar-refractivity contribution >= 4 is 40.8 Å². The second-order valence-electron chi connectivity index (χ2n) is 2.27. The lowest BCUT2D eigenvalue weighted by atomic mass is 10.3. The summed E-state index contributed by atoms with van der Waals surface area (Å²) >= 11 is 16.6. The molecule has 0 bridgehead atoms. The summed E-state index contributed by atoms with van der Waals surface area (Å²) in [5, 5.41) is 10.5. The van der Waals surface area contributed by atoms with Crippen LogP contribution >= 0.6 is 34.8 Å². The van der Waals surface area contributed by atoms with Crippen molar-refractivity contribution in [3.05, 3.63) is 32.2 Å². The van der Waals surface area contributed by atoms with E-state index in [1.54, 1.807) is 0 Å². The van der Waals surface area contributed by atoms with Crippen LogP contribution in [0.25, 0.3) is 0 Å². The van der Waals surface area contributed by atoms with Crippen LogP contribution in [0.2, 0.25) is 15.3 Å². The molecule has 0 amide bonds. The second kappa shape index (κ2) is 4.21. The highest BCUT2D eigenvalue weighted by Crippen LogP contribution is 2.23. The number of methoxy groups -OCH3 is 1. The van der Waals surface area contributed by atoms with Crippen LogP contribution in [0, 0.1) is 5.21 Å². The molecule has 1 aromatic rings. The van der Waals surface area contributed by atoms with Gasteiger partial charge in [0.15, 0.2) is 0 Å². The highest BCUT2D eigenvalue weighted by atomic mass is 35.5. The summed E-state index contributed by atoms with van der Waals surface area (Å²) in [6, 6.07) is 1.17. The third kappa shape index (κ3) is 1.87. The van der Waals surface area contributed by atoms with E-state index >= 15 is 0 Å². The Morgan fingerprint density at radius 3 is 2.50 bits per heavy atom. The minimum absolute atomic E-state index is 0.0635. The molecule has 0 saturated carbocycles. The Labute approximate surface area is 94.5 Å². The number of aromatic nitrogens is 1. The van der Waals surface area contributed by atoms with Gasteiger partial charge >= 0.3 is 16.3 Å². The molecule has 4 nitrogen and oxygen atoms in total. The largest absolute Gasteiger partial charge is 0.616 e. The fraction of sp³-hybridized carbons (Fsp3) is 0.143. The normalized spacial score (nSPS) is 10.0.